The quantitative estimate of drug-likeness (QED) is 0.437. The van der Waals surface area contributed by atoms with Crippen LogP contribution < -0.4 is 5.30 Å². The number of rotatable bonds is 5. The van der Waals surface area contributed by atoms with Crippen LogP contribution in [0.15, 0.2) is 55.2 Å². The van der Waals surface area contributed by atoms with Gasteiger partial charge in [-0.2, -0.15) is 0 Å². The Bertz CT molecular complexity index is 976. The van der Waals surface area contributed by atoms with Gasteiger partial charge in [-0.15, -0.1) is 9.24 Å². The van der Waals surface area contributed by atoms with Crippen LogP contribution in [0, 0.1) is 6.92 Å². The lowest BCUT2D eigenvalue weighted by Crippen LogP contribution is -1.98. The molecule has 0 aliphatic rings. The molecule has 1 aromatic heterocycles. The normalized spacial score (nSPS) is 12.2. The number of aryl methyl sites for hydroxylation is 2. The summed E-state index contributed by atoms with van der Waals surface area (Å²) >= 11 is 0. The monoisotopic (exact) mass is 375 g/mol. The second kappa shape index (κ2) is 7.87. The molecule has 0 saturated carbocycles. The fourth-order valence-corrected chi connectivity index (χ4v) is 4.03. The van der Waals surface area contributed by atoms with Gasteiger partial charge in [-0.05, 0) is 65.4 Å². The molecule has 0 amide bonds. The number of hydrogen-bond donors (Lipinski definition) is 0. The van der Waals surface area contributed by atoms with E-state index in [2.05, 4.69) is 104 Å². The highest BCUT2D eigenvalue weighted by Gasteiger charge is 2.19. The first kappa shape index (κ1) is 19.6. The third kappa shape index (κ3) is 3.80. The van der Waals surface area contributed by atoms with E-state index in [-0.39, 0.29) is 0 Å². The van der Waals surface area contributed by atoms with E-state index >= 15 is 0 Å². The second-order valence-corrected chi connectivity index (χ2v) is 8.33. The summed E-state index contributed by atoms with van der Waals surface area (Å²) in [4.78, 5) is 0. The Morgan fingerprint density at radius 1 is 1.11 bits per heavy atom. The molecule has 2 heteroatoms. The van der Waals surface area contributed by atoms with Crippen molar-refractivity contribution in [2.45, 2.75) is 40.0 Å². The molecule has 1 nitrogen and oxygen atoms in total. The van der Waals surface area contributed by atoms with Crippen LogP contribution in [0.25, 0.3) is 27.8 Å². The molecule has 27 heavy (non-hydrogen) atoms. The van der Waals surface area contributed by atoms with Crippen molar-refractivity contribution in [1.82, 2.24) is 4.57 Å². The van der Waals surface area contributed by atoms with E-state index in [4.69, 9.17) is 0 Å². The van der Waals surface area contributed by atoms with E-state index in [9.17, 15) is 0 Å². The molecule has 0 aliphatic heterocycles. The molecule has 0 saturated heterocycles. The zero-order valence-electron chi connectivity index (χ0n) is 17.1. The molecule has 0 N–H and O–H groups in total. The highest BCUT2D eigenvalue weighted by atomic mass is 31.0. The van der Waals surface area contributed by atoms with E-state index in [1.807, 2.05) is 0 Å². The molecule has 3 rings (SSSR count). The lowest BCUT2D eigenvalue weighted by Gasteiger charge is -2.14. The molecule has 3 aromatic rings. The van der Waals surface area contributed by atoms with Gasteiger partial charge >= 0.3 is 0 Å². The molecule has 1 heterocycles. The van der Waals surface area contributed by atoms with E-state index in [1.165, 1.54) is 44.4 Å². The largest absolute Gasteiger partial charge is 0.350 e. The fourth-order valence-electron chi connectivity index (χ4n) is 3.77. The predicted molar refractivity (Wildman–Crippen MR) is 124 cm³/mol. The standard InChI is InChI=1S/C25H30NP/c1-7-17(4)19-9-11-20(12-10-19)23-15-26(6)25(16(2)3)24(23)22-14-21(27)13-8-18(22)5/h8-15,17H,2,7,27H2,1,3-6H3/t17-/m0/s1. The summed E-state index contributed by atoms with van der Waals surface area (Å²) in [5.41, 5.74) is 10.1. The summed E-state index contributed by atoms with van der Waals surface area (Å²) < 4.78 is 2.21. The topological polar surface area (TPSA) is 4.93 Å². The van der Waals surface area contributed by atoms with Crippen LogP contribution in [0.1, 0.15) is 49.9 Å². The first-order chi connectivity index (χ1) is 12.8. The highest BCUT2D eigenvalue weighted by molar-refractivity contribution is 7.27. The molecule has 0 radical (unpaired) electrons. The Morgan fingerprint density at radius 3 is 2.37 bits per heavy atom. The minimum Gasteiger partial charge on any atom is -0.350 e. The smallest absolute Gasteiger partial charge is 0.0514 e. The molecule has 1 unspecified atom stereocenters. The van der Waals surface area contributed by atoms with Crippen LogP contribution in [0.2, 0.25) is 0 Å². The van der Waals surface area contributed by atoms with Crippen molar-refractivity contribution < 1.29 is 0 Å². The Balaban J connectivity index is 2.24. The van der Waals surface area contributed by atoms with Crippen molar-refractivity contribution in [3.8, 4) is 22.3 Å². The minimum atomic E-state index is 0.594. The van der Waals surface area contributed by atoms with Crippen LogP contribution in [0.4, 0.5) is 0 Å². The fraction of sp³-hybridized carbons (Fsp3) is 0.280. The molecule has 2 aromatic carbocycles. The minimum absolute atomic E-state index is 0.594. The maximum absolute atomic E-state index is 4.25. The van der Waals surface area contributed by atoms with E-state index < -0.39 is 0 Å². The maximum atomic E-state index is 4.25. The number of nitrogens with zero attached hydrogens (tertiary/aromatic N) is 1. The lowest BCUT2D eigenvalue weighted by atomic mass is 9.91. The summed E-state index contributed by atoms with van der Waals surface area (Å²) in [6.45, 7) is 13.1. The van der Waals surface area contributed by atoms with E-state index in [0.29, 0.717) is 5.92 Å². The molecule has 0 bridgehead atoms. The van der Waals surface area contributed by atoms with Crippen molar-refractivity contribution in [2.24, 2.45) is 7.05 Å². The second-order valence-electron chi connectivity index (χ2n) is 7.66. The summed E-state index contributed by atoms with van der Waals surface area (Å²) in [6, 6.07) is 15.7. The number of hydrogen-bond acceptors (Lipinski definition) is 0. The molecule has 140 valence electrons. The highest BCUT2D eigenvalue weighted by Crippen LogP contribution is 2.40. The van der Waals surface area contributed by atoms with Gasteiger partial charge in [0.05, 0.1) is 5.69 Å². The first-order valence-electron chi connectivity index (χ1n) is 9.65. The summed E-state index contributed by atoms with van der Waals surface area (Å²) in [7, 11) is 4.94. The van der Waals surface area contributed by atoms with Crippen molar-refractivity contribution in [3.63, 3.8) is 0 Å². The molecular formula is C25H30NP. The van der Waals surface area contributed by atoms with Crippen LogP contribution in [0.3, 0.4) is 0 Å². The molecule has 2 atom stereocenters. The summed E-state index contributed by atoms with van der Waals surface area (Å²) in [5, 5.41) is 1.20. The van der Waals surface area contributed by atoms with Gasteiger partial charge in [-0.25, -0.2) is 0 Å². The van der Waals surface area contributed by atoms with Crippen LogP contribution in [-0.2, 0) is 7.05 Å². The Hall–Kier alpha value is -2.11. The lowest BCUT2D eigenvalue weighted by molar-refractivity contribution is 0.734. The molecular weight excluding hydrogens is 345 g/mol. The summed E-state index contributed by atoms with van der Waals surface area (Å²) in [5.74, 6) is 0.594. The van der Waals surface area contributed by atoms with E-state index in [1.54, 1.807) is 0 Å². The number of benzene rings is 2. The average Bonchev–Trinajstić information content (AvgIpc) is 3.00. The van der Waals surface area contributed by atoms with Gasteiger partial charge in [0.2, 0.25) is 0 Å². The zero-order valence-corrected chi connectivity index (χ0v) is 18.3. The number of allylic oxidation sites excluding steroid dienone is 1. The third-order valence-corrected chi connectivity index (χ3v) is 5.88. The molecule has 0 aliphatic carbocycles. The van der Waals surface area contributed by atoms with Crippen LogP contribution in [-0.4, -0.2) is 4.57 Å². The van der Waals surface area contributed by atoms with E-state index in [0.717, 1.165) is 12.0 Å². The Kier molecular flexibility index (Phi) is 5.72. The van der Waals surface area contributed by atoms with Gasteiger partial charge in [0, 0.05) is 24.4 Å². The molecule has 0 spiro atoms. The van der Waals surface area contributed by atoms with Crippen molar-refractivity contribution in [1.29, 1.82) is 0 Å². The predicted octanol–water partition coefficient (Wildman–Crippen LogP) is 6.71. The van der Waals surface area contributed by atoms with Crippen molar-refractivity contribution in [3.05, 3.63) is 72.1 Å². The first-order valence-corrected chi connectivity index (χ1v) is 10.2. The average molecular weight is 375 g/mol. The maximum Gasteiger partial charge on any atom is 0.0514 e. The van der Waals surface area contributed by atoms with Gasteiger partial charge < -0.3 is 4.57 Å². The van der Waals surface area contributed by atoms with Gasteiger partial charge in [0.25, 0.3) is 0 Å². The Labute approximate surface area is 166 Å². The van der Waals surface area contributed by atoms with Crippen LogP contribution >= 0.6 is 9.24 Å². The third-order valence-electron chi connectivity index (χ3n) is 5.52. The van der Waals surface area contributed by atoms with Gasteiger partial charge in [0.1, 0.15) is 0 Å². The number of aromatic nitrogens is 1. The van der Waals surface area contributed by atoms with Gasteiger partial charge in [-0.3, -0.25) is 0 Å². The zero-order chi connectivity index (χ0) is 19.7. The SMILES string of the molecule is C=C(C)c1c(-c2cc(P)ccc2C)c(-c2ccc([C@@H](C)CC)cc2)cn1C. The van der Waals surface area contributed by atoms with Crippen molar-refractivity contribution >= 4 is 20.1 Å². The molecule has 0 fully saturated rings. The Morgan fingerprint density at radius 2 is 1.78 bits per heavy atom. The van der Waals surface area contributed by atoms with Crippen LogP contribution in [0.5, 0.6) is 0 Å². The summed E-state index contributed by atoms with van der Waals surface area (Å²) in [6.07, 6.45) is 3.41. The van der Waals surface area contributed by atoms with Gasteiger partial charge in [-0.1, -0.05) is 56.8 Å². The van der Waals surface area contributed by atoms with Gasteiger partial charge in [0.15, 0.2) is 0 Å². The van der Waals surface area contributed by atoms with Crippen molar-refractivity contribution in [2.75, 3.05) is 0 Å².